The Hall–Kier alpha value is 0.430. The summed E-state index contributed by atoms with van der Waals surface area (Å²) >= 11 is 10.3. The van der Waals surface area contributed by atoms with E-state index in [9.17, 15) is 4.39 Å². The molecule has 0 atom stereocenters. The molecule has 2 nitrogen and oxygen atoms in total. The van der Waals surface area contributed by atoms with Gasteiger partial charge in [0.25, 0.3) is 0 Å². The molecular formula is C4H5Cl2FO2. The number of ether oxygens (including phenoxy) is 2. The molecule has 0 spiro atoms. The third-order valence-corrected chi connectivity index (χ3v) is 1.46. The van der Waals surface area contributed by atoms with E-state index in [4.69, 9.17) is 23.2 Å². The van der Waals surface area contributed by atoms with Gasteiger partial charge in [-0.25, -0.2) is 0 Å². The van der Waals surface area contributed by atoms with Crippen molar-refractivity contribution in [1.29, 1.82) is 0 Å². The first-order chi connectivity index (χ1) is 4.15. The Labute approximate surface area is 61.8 Å². The van der Waals surface area contributed by atoms with Crippen molar-refractivity contribution in [2.24, 2.45) is 0 Å². The molecule has 1 rings (SSSR count). The first-order valence-corrected chi connectivity index (χ1v) is 3.27. The minimum Gasteiger partial charge on any atom is -0.319 e. The maximum absolute atomic E-state index is 12.7. The average molecular weight is 175 g/mol. The molecule has 0 aromatic heterocycles. The second-order valence-corrected chi connectivity index (χ2v) is 2.68. The van der Waals surface area contributed by atoms with E-state index in [1.54, 1.807) is 0 Å². The second-order valence-electron chi connectivity index (χ2n) is 1.58. The second kappa shape index (κ2) is 2.58. The van der Waals surface area contributed by atoms with E-state index in [1.165, 1.54) is 0 Å². The van der Waals surface area contributed by atoms with E-state index < -0.39 is 10.9 Å². The molecule has 0 unspecified atom stereocenters. The van der Waals surface area contributed by atoms with Crippen LogP contribution in [0.2, 0.25) is 0 Å². The summed E-state index contributed by atoms with van der Waals surface area (Å²) in [5, 5.41) is 0. The normalized spacial score (nSPS) is 25.3. The van der Waals surface area contributed by atoms with Gasteiger partial charge < -0.3 is 9.47 Å². The number of rotatable bonds is 1. The van der Waals surface area contributed by atoms with Gasteiger partial charge in [-0.05, 0) is 0 Å². The van der Waals surface area contributed by atoms with Crippen LogP contribution in [0.15, 0.2) is 0 Å². The molecule has 0 saturated carbocycles. The van der Waals surface area contributed by atoms with Crippen molar-refractivity contribution >= 4 is 23.2 Å². The van der Waals surface area contributed by atoms with E-state index >= 15 is 0 Å². The molecular weight excluding hydrogens is 170 g/mol. The number of hydrogen-bond donors (Lipinski definition) is 0. The van der Waals surface area contributed by atoms with Crippen LogP contribution in [0.25, 0.3) is 0 Å². The zero-order valence-electron chi connectivity index (χ0n) is 4.44. The van der Waals surface area contributed by atoms with Crippen LogP contribution in [-0.2, 0) is 9.47 Å². The molecule has 9 heavy (non-hydrogen) atoms. The number of hydrogen-bond acceptors (Lipinski definition) is 2. The Morgan fingerprint density at radius 1 is 1.33 bits per heavy atom. The van der Waals surface area contributed by atoms with E-state index in [0.717, 1.165) is 0 Å². The van der Waals surface area contributed by atoms with E-state index in [1.807, 2.05) is 0 Å². The fourth-order valence-electron chi connectivity index (χ4n) is 0.529. The van der Waals surface area contributed by atoms with E-state index in [0.29, 0.717) is 0 Å². The van der Waals surface area contributed by atoms with Crippen LogP contribution in [0, 0.1) is 0 Å². The number of halogens is 3. The van der Waals surface area contributed by atoms with Crippen molar-refractivity contribution in [2.75, 3.05) is 13.2 Å². The molecule has 1 fully saturated rings. The lowest BCUT2D eigenvalue weighted by Gasteiger charge is -2.17. The van der Waals surface area contributed by atoms with Crippen LogP contribution in [0.4, 0.5) is 4.39 Å². The maximum Gasteiger partial charge on any atom is 0.351 e. The Bertz CT molecular complexity index is 103. The van der Waals surface area contributed by atoms with Crippen molar-refractivity contribution in [3.8, 4) is 0 Å². The maximum atomic E-state index is 12.7. The summed E-state index contributed by atoms with van der Waals surface area (Å²) in [4.78, 5) is -1.28. The van der Waals surface area contributed by atoms with Gasteiger partial charge in [-0.1, -0.05) is 23.2 Å². The summed E-state index contributed by atoms with van der Waals surface area (Å²) < 4.78 is 21.6. The summed E-state index contributed by atoms with van der Waals surface area (Å²) in [5.74, 6) is 0. The van der Waals surface area contributed by atoms with Crippen LogP contribution in [-0.4, -0.2) is 24.1 Å². The lowest BCUT2D eigenvalue weighted by atomic mass is 10.7. The van der Waals surface area contributed by atoms with Gasteiger partial charge in [0.1, 0.15) is 0 Å². The van der Waals surface area contributed by atoms with Crippen molar-refractivity contribution < 1.29 is 13.9 Å². The molecule has 0 N–H and O–H groups in total. The molecule has 1 aliphatic heterocycles. The van der Waals surface area contributed by atoms with E-state index in [2.05, 4.69) is 9.47 Å². The molecule has 0 aromatic rings. The van der Waals surface area contributed by atoms with Crippen LogP contribution in [0.3, 0.4) is 0 Å². The smallest absolute Gasteiger partial charge is 0.319 e. The predicted octanol–water partition coefficient (Wildman–Crippen LogP) is 1.46. The van der Waals surface area contributed by atoms with Crippen molar-refractivity contribution in [3.05, 3.63) is 0 Å². The lowest BCUT2D eigenvalue weighted by molar-refractivity contribution is -0.241. The van der Waals surface area contributed by atoms with Crippen LogP contribution in [0.5, 0.6) is 0 Å². The van der Waals surface area contributed by atoms with E-state index in [-0.39, 0.29) is 13.2 Å². The standard InChI is InChI=1S/C4H5Cl2FO2/c5-3(6)4(7)8-1-2-9-4/h3H,1-2H2. The molecule has 1 saturated heterocycles. The molecule has 0 bridgehead atoms. The third kappa shape index (κ3) is 1.46. The van der Waals surface area contributed by atoms with Crippen molar-refractivity contribution in [3.63, 3.8) is 0 Å². The van der Waals surface area contributed by atoms with Gasteiger partial charge >= 0.3 is 6.04 Å². The van der Waals surface area contributed by atoms with Crippen molar-refractivity contribution in [1.82, 2.24) is 0 Å². The zero-order valence-corrected chi connectivity index (χ0v) is 5.95. The monoisotopic (exact) mass is 174 g/mol. The minimum absolute atomic E-state index is 0.201. The molecule has 0 aliphatic carbocycles. The minimum atomic E-state index is -2.27. The Morgan fingerprint density at radius 2 is 1.78 bits per heavy atom. The van der Waals surface area contributed by atoms with Gasteiger partial charge in [0.15, 0.2) is 4.84 Å². The van der Waals surface area contributed by atoms with Crippen LogP contribution in [0.1, 0.15) is 0 Å². The highest BCUT2D eigenvalue weighted by Gasteiger charge is 2.43. The molecule has 1 aliphatic rings. The molecule has 54 valence electrons. The molecule has 0 aromatic carbocycles. The van der Waals surface area contributed by atoms with Gasteiger partial charge in [0, 0.05) is 0 Å². The first kappa shape index (κ1) is 7.54. The van der Waals surface area contributed by atoms with Gasteiger partial charge in [0.05, 0.1) is 13.2 Å². The molecule has 5 heteroatoms. The first-order valence-electron chi connectivity index (χ1n) is 2.40. The lowest BCUT2D eigenvalue weighted by Crippen LogP contribution is -2.31. The summed E-state index contributed by atoms with van der Waals surface area (Å²) in [6.07, 6.45) is 0. The molecule has 0 radical (unpaired) electrons. The highest BCUT2D eigenvalue weighted by Crippen LogP contribution is 2.30. The van der Waals surface area contributed by atoms with Gasteiger partial charge in [-0.2, -0.15) is 4.39 Å². The summed E-state index contributed by atoms with van der Waals surface area (Å²) in [5.41, 5.74) is 0. The average Bonchev–Trinajstić information content (AvgIpc) is 2.16. The SMILES string of the molecule is FC1(C(Cl)Cl)OCCO1. The van der Waals surface area contributed by atoms with Crippen molar-refractivity contribution in [2.45, 2.75) is 10.9 Å². The highest BCUT2D eigenvalue weighted by molar-refractivity contribution is 6.44. The summed E-state index contributed by atoms with van der Waals surface area (Å²) in [6, 6.07) is -2.27. The van der Waals surface area contributed by atoms with Gasteiger partial charge in [-0.3, -0.25) is 0 Å². The van der Waals surface area contributed by atoms with Crippen LogP contribution >= 0.6 is 23.2 Å². The molecule has 1 heterocycles. The molecule has 0 amide bonds. The topological polar surface area (TPSA) is 18.5 Å². The fraction of sp³-hybridized carbons (Fsp3) is 1.00. The third-order valence-electron chi connectivity index (χ3n) is 0.942. The summed E-state index contributed by atoms with van der Waals surface area (Å²) in [6.45, 7) is 0.402. The zero-order chi connectivity index (χ0) is 6.91. The Balaban J connectivity index is 2.51. The summed E-state index contributed by atoms with van der Waals surface area (Å²) in [7, 11) is 0. The Kier molecular flexibility index (Phi) is 2.16. The van der Waals surface area contributed by atoms with Gasteiger partial charge in [0.2, 0.25) is 0 Å². The Morgan fingerprint density at radius 3 is 2.00 bits per heavy atom. The highest BCUT2D eigenvalue weighted by atomic mass is 35.5. The fourth-order valence-corrected chi connectivity index (χ4v) is 0.781. The van der Waals surface area contributed by atoms with Crippen LogP contribution < -0.4 is 0 Å². The number of alkyl halides is 3. The van der Waals surface area contributed by atoms with Gasteiger partial charge in [-0.15, -0.1) is 0 Å². The predicted molar refractivity (Wildman–Crippen MR) is 31.2 cm³/mol. The quantitative estimate of drug-likeness (QED) is 0.561. The largest absolute Gasteiger partial charge is 0.351 e.